The van der Waals surface area contributed by atoms with Crippen LogP contribution in [0.25, 0.3) is 0 Å². The fourth-order valence-electron chi connectivity index (χ4n) is 2.84. The van der Waals surface area contributed by atoms with Gasteiger partial charge in [0.25, 0.3) is 0 Å². The Bertz CT molecular complexity index is 1150. The molecule has 3 aromatic rings. The minimum absolute atomic E-state index is 0.101. The van der Waals surface area contributed by atoms with E-state index in [1.807, 2.05) is 53.1 Å². The van der Waals surface area contributed by atoms with Crippen molar-refractivity contribution in [3.8, 4) is 5.75 Å². The van der Waals surface area contributed by atoms with E-state index in [1.165, 1.54) is 0 Å². The van der Waals surface area contributed by atoms with Gasteiger partial charge in [0, 0.05) is 19.8 Å². The molecule has 3 rings (SSSR count). The maximum Gasteiger partial charge on any atom is -0.0325 e. The fraction of sp³-hybridized carbons (Fsp3) is 0.231. The Morgan fingerprint density at radius 1 is 0.829 bits per heavy atom. The molecule has 1 amide bonds. The Hall–Kier alpha value is -3.47. The van der Waals surface area contributed by atoms with Crippen LogP contribution in [0.1, 0.15) is 10.4 Å². The standard InChI is InChI=1S/C26H29IN4O4/c1-27(2)26(33)35-18-17-34-24-15-5-19(6-16-24)25(32)28-20-7-9-21(10-8-20)29-30-22-11-13-23(14-12-22)31(3)4/h5-16H,17-18H2,1-4H3,(H,28,32). The van der Waals surface area contributed by atoms with Crippen LogP contribution in [0.4, 0.5) is 27.5 Å². The number of hydrogen-bond donors (Lipinski definition) is 1. The quantitative estimate of drug-likeness (QED) is 0.0936. The molecule has 0 bridgehead atoms. The van der Waals surface area contributed by atoms with Crippen molar-refractivity contribution >= 4 is 52.5 Å². The molecule has 0 unspecified atom stereocenters. The summed E-state index contributed by atoms with van der Waals surface area (Å²) in [4.78, 5) is 29.9. The number of hydrogen-bond acceptors (Lipinski definition) is 7. The third kappa shape index (κ3) is 8.36. The zero-order valence-electron chi connectivity index (χ0n) is 20.2. The minimum atomic E-state index is -1.59. The minimum Gasteiger partial charge on any atom is -0.0366 e. The molecule has 0 radical (unpaired) electrons. The molecule has 0 saturated heterocycles. The van der Waals surface area contributed by atoms with Crippen LogP contribution >= 0.6 is 19.8 Å². The van der Waals surface area contributed by atoms with Crippen LogP contribution in [0.3, 0.4) is 0 Å². The van der Waals surface area contributed by atoms with E-state index >= 15 is 0 Å². The summed E-state index contributed by atoms with van der Waals surface area (Å²) in [6, 6.07) is 21.7. The van der Waals surface area contributed by atoms with E-state index in [9.17, 15) is 9.59 Å². The number of nitrogens with zero attached hydrogens (tertiary/aromatic N) is 3. The predicted octanol–water partition coefficient (Wildman–Crippen LogP) is 6.70. The molecule has 0 atom stereocenters. The van der Waals surface area contributed by atoms with E-state index in [-0.39, 0.29) is 23.1 Å². The molecule has 1 N–H and O–H groups in total. The molecule has 8 nitrogen and oxygen atoms in total. The van der Waals surface area contributed by atoms with E-state index in [0.29, 0.717) is 22.7 Å². The molecular formula is C26H29IN4O4. The number of anilines is 2. The molecule has 0 aromatic heterocycles. The van der Waals surface area contributed by atoms with Crippen LogP contribution < -0.4 is 15.0 Å². The van der Waals surface area contributed by atoms with Crippen molar-refractivity contribution in [2.45, 2.75) is 0 Å². The molecule has 9 heteroatoms. The van der Waals surface area contributed by atoms with Gasteiger partial charge in [0.1, 0.15) is 0 Å². The number of nitrogens with one attached hydrogen (secondary N) is 1. The first-order valence-electron chi connectivity index (χ1n) is 10.8. The Kier molecular flexibility index (Phi) is 9.59. The molecule has 0 fully saturated rings. The SMILES string of the molecule is CN(C)c1ccc(N=Nc2ccc(NC(=O)c3ccc(OCCOC(=O)I(C)C)cc3)cc2)cc1. The molecule has 0 aliphatic rings. The van der Waals surface area contributed by atoms with E-state index in [2.05, 4.69) is 15.5 Å². The van der Waals surface area contributed by atoms with Gasteiger partial charge in [-0.2, -0.15) is 10.2 Å². The number of carbonyl (C=O) groups is 2. The summed E-state index contributed by atoms with van der Waals surface area (Å²) in [5.74, 6) is 0.371. The molecule has 3 aromatic carbocycles. The summed E-state index contributed by atoms with van der Waals surface area (Å²) in [5, 5.41) is 11.4. The number of halogens is 1. The first kappa shape index (κ1) is 26.1. The Labute approximate surface area is 212 Å². The zero-order chi connectivity index (χ0) is 25.2. The van der Waals surface area contributed by atoms with Gasteiger partial charge in [0.2, 0.25) is 0 Å². The second kappa shape index (κ2) is 12.8. The first-order valence-corrected chi connectivity index (χ1v) is 16.2. The van der Waals surface area contributed by atoms with E-state index in [4.69, 9.17) is 9.47 Å². The van der Waals surface area contributed by atoms with Gasteiger partial charge in [-0.25, -0.2) is 0 Å². The van der Waals surface area contributed by atoms with Gasteiger partial charge >= 0.3 is 118 Å². The smallest absolute Gasteiger partial charge is 0.0325 e. The summed E-state index contributed by atoms with van der Waals surface area (Å²) in [5.41, 5.74) is 3.69. The largest absolute Gasteiger partial charge is 0.0366 e. The predicted molar refractivity (Wildman–Crippen MR) is 148 cm³/mol. The Morgan fingerprint density at radius 3 is 1.94 bits per heavy atom. The van der Waals surface area contributed by atoms with E-state index < -0.39 is 19.8 Å². The monoisotopic (exact) mass is 588 g/mol. The van der Waals surface area contributed by atoms with Gasteiger partial charge in [-0.15, -0.1) is 0 Å². The first-order chi connectivity index (χ1) is 16.8. The van der Waals surface area contributed by atoms with Crippen LogP contribution in [0.15, 0.2) is 83.0 Å². The van der Waals surface area contributed by atoms with Gasteiger partial charge in [-0.1, -0.05) is 0 Å². The normalized spacial score (nSPS) is 11.1. The molecule has 0 saturated carbocycles. The zero-order valence-corrected chi connectivity index (χ0v) is 22.4. The Balaban J connectivity index is 1.48. The van der Waals surface area contributed by atoms with Crippen LogP contribution in [0.2, 0.25) is 0 Å². The molecule has 0 heterocycles. The van der Waals surface area contributed by atoms with Crippen molar-refractivity contribution in [1.29, 1.82) is 0 Å². The summed E-state index contributed by atoms with van der Waals surface area (Å²) < 4.78 is 10.6. The van der Waals surface area contributed by atoms with Crippen molar-refractivity contribution in [3.63, 3.8) is 0 Å². The second-order valence-corrected chi connectivity index (χ2v) is 13.0. The average Bonchev–Trinajstić information content (AvgIpc) is 2.86. The number of alkyl halides is 2. The second-order valence-electron chi connectivity index (χ2n) is 7.83. The average molecular weight is 588 g/mol. The van der Waals surface area contributed by atoms with Gasteiger partial charge in [-0.05, 0) is 48.5 Å². The van der Waals surface area contributed by atoms with Crippen molar-refractivity contribution in [2.75, 3.05) is 47.4 Å². The number of benzene rings is 3. The summed E-state index contributed by atoms with van der Waals surface area (Å²) in [7, 11) is 3.97. The third-order valence-corrected chi connectivity index (χ3v) is 6.84. The van der Waals surface area contributed by atoms with Crippen LogP contribution in [0.5, 0.6) is 5.75 Å². The topological polar surface area (TPSA) is 92.6 Å². The Morgan fingerprint density at radius 2 is 1.40 bits per heavy atom. The van der Waals surface area contributed by atoms with Crippen LogP contribution in [0, 0.1) is 0 Å². The van der Waals surface area contributed by atoms with Crippen molar-refractivity contribution in [3.05, 3.63) is 78.4 Å². The maximum absolute atomic E-state index is 12.5. The summed E-state index contributed by atoms with van der Waals surface area (Å²) >= 11 is -1.59. The number of amides is 1. The molecule has 184 valence electrons. The number of ether oxygens (including phenoxy) is 2. The van der Waals surface area contributed by atoms with Gasteiger partial charge in [-0.3, -0.25) is 0 Å². The summed E-state index contributed by atoms with van der Waals surface area (Å²) in [6.45, 7) is 0.487. The molecule has 35 heavy (non-hydrogen) atoms. The number of carbonyl (C=O) groups excluding carboxylic acids is 2. The van der Waals surface area contributed by atoms with Gasteiger partial charge in [0.15, 0.2) is 0 Å². The van der Waals surface area contributed by atoms with Crippen molar-refractivity contribution < 1.29 is 19.1 Å². The summed E-state index contributed by atoms with van der Waals surface area (Å²) in [6.07, 6.45) is 0. The molecular weight excluding hydrogens is 559 g/mol. The van der Waals surface area contributed by atoms with Crippen molar-refractivity contribution in [1.82, 2.24) is 0 Å². The van der Waals surface area contributed by atoms with Crippen LogP contribution in [-0.2, 0) is 4.74 Å². The fourth-order valence-corrected chi connectivity index (χ4v) is 3.68. The maximum atomic E-state index is 12.5. The number of rotatable bonds is 10. The third-order valence-electron chi connectivity index (χ3n) is 4.76. The van der Waals surface area contributed by atoms with E-state index in [0.717, 1.165) is 11.4 Å². The molecule has 0 aliphatic carbocycles. The van der Waals surface area contributed by atoms with Gasteiger partial charge in [0.05, 0.1) is 11.4 Å². The molecule has 0 aliphatic heterocycles. The van der Waals surface area contributed by atoms with Crippen LogP contribution in [-0.4, -0.2) is 47.1 Å². The van der Waals surface area contributed by atoms with Crippen molar-refractivity contribution in [2.24, 2.45) is 10.2 Å². The van der Waals surface area contributed by atoms with Gasteiger partial charge < -0.3 is 4.90 Å². The molecule has 0 spiro atoms. The number of azo groups is 1. The van der Waals surface area contributed by atoms with E-state index in [1.54, 1.807) is 48.5 Å².